The molecule has 0 aliphatic carbocycles. The molecule has 0 bridgehead atoms. The molecule has 2 aromatic rings. The van der Waals surface area contributed by atoms with Crippen molar-refractivity contribution >= 4 is 17.9 Å². The smallest absolute Gasteiger partial charge is 0.415 e. The molecule has 0 unspecified atom stereocenters. The molecule has 0 saturated carbocycles. The number of anilines is 2. The minimum absolute atomic E-state index is 0.0740. The zero-order chi connectivity index (χ0) is 21.2. The van der Waals surface area contributed by atoms with Gasteiger partial charge in [0.2, 0.25) is 5.95 Å². The van der Waals surface area contributed by atoms with Crippen LogP contribution in [0.4, 0.5) is 16.6 Å². The summed E-state index contributed by atoms with van der Waals surface area (Å²) in [5, 5.41) is 7.18. The maximum atomic E-state index is 12.2. The van der Waals surface area contributed by atoms with Crippen LogP contribution in [0.3, 0.4) is 0 Å². The molecule has 2 aromatic heterocycles. The van der Waals surface area contributed by atoms with Gasteiger partial charge in [0.25, 0.3) is 0 Å². The van der Waals surface area contributed by atoms with Gasteiger partial charge in [0, 0.05) is 18.7 Å². The summed E-state index contributed by atoms with van der Waals surface area (Å²) in [6.45, 7) is 10.8. The lowest BCUT2D eigenvalue weighted by molar-refractivity contribution is 0.177. The van der Waals surface area contributed by atoms with E-state index in [4.69, 9.17) is 15.7 Å². The van der Waals surface area contributed by atoms with Crippen molar-refractivity contribution in [1.82, 2.24) is 15.1 Å². The number of amides is 1. The van der Waals surface area contributed by atoms with Crippen molar-refractivity contribution in [3.05, 3.63) is 29.8 Å². The summed E-state index contributed by atoms with van der Waals surface area (Å²) in [7, 11) is 0. The van der Waals surface area contributed by atoms with E-state index in [1.165, 1.54) is 0 Å². The van der Waals surface area contributed by atoms with Gasteiger partial charge < -0.3 is 14.6 Å². The molecule has 3 heterocycles. The quantitative estimate of drug-likeness (QED) is 0.741. The molecule has 1 saturated heterocycles. The molecule has 8 nitrogen and oxygen atoms in total. The molecule has 2 atom stereocenters. The third kappa shape index (κ3) is 4.86. The number of cyclic esters (lactones) is 1. The highest BCUT2D eigenvalue weighted by Gasteiger charge is 2.37. The van der Waals surface area contributed by atoms with E-state index in [0.29, 0.717) is 24.1 Å². The predicted octanol–water partition coefficient (Wildman–Crippen LogP) is 3.82. The Morgan fingerprint density at radius 2 is 2.17 bits per heavy atom. The van der Waals surface area contributed by atoms with Crippen molar-refractivity contribution in [3.8, 4) is 12.3 Å². The average molecular weight is 397 g/mol. The first kappa shape index (κ1) is 20.6. The van der Waals surface area contributed by atoms with Crippen molar-refractivity contribution in [2.75, 3.05) is 16.8 Å². The van der Waals surface area contributed by atoms with Gasteiger partial charge >= 0.3 is 6.09 Å². The van der Waals surface area contributed by atoms with Gasteiger partial charge in [-0.2, -0.15) is 4.98 Å². The summed E-state index contributed by atoms with van der Waals surface area (Å²) in [5.41, 5.74) is 0.659. The van der Waals surface area contributed by atoms with E-state index in [2.05, 4.69) is 47.1 Å². The number of aromatic nitrogens is 3. The molecule has 8 heteroatoms. The third-order valence-electron chi connectivity index (χ3n) is 4.58. The first-order valence-corrected chi connectivity index (χ1v) is 9.65. The number of hydrogen-bond acceptors (Lipinski definition) is 7. The highest BCUT2D eigenvalue weighted by Crippen LogP contribution is 2.27. The SMILES string of the molecule is C#C[C@H](Nc1nccc(N2C(=O)OC[C@@H]2C(C)C)n1)c1cc(CC(C)(C)C)on1. The van der Waals surface area contributed by atoms with E-state index in [0.717, 1.165) is 12.2 Å². The third-order valence-corrected chi connectivity index (χ3v) is 4.58. The molecule has 1 aliphatic rings. The molecule has 3 rings (SSSR count). The van der Waals surface area contributed by atoms with Crippen LogP contribution >= 0.6 is 0 Å². The lowest BCUT2D eigenvalue weighted by Gasteiger charge is -2.23. The molecule has 1 aliphatic heterocycles. The van der Waals surface area contributed by atoms with Crippen molar-refractivity contribution < 1.29 is 14.1 Å². The molecule has 1 amide bonds. The Labute approximate surface area is 171 Å². The van der Waals surface area contributed by atoms with Crippen molar-refractivity contribution in [2.24, 2.45) is 11.3 Å². The second-order valence-electron chi connectivity index (χ2n) is 8.70. The van der Waals surface area contributed by atoms with E-state index in [9.17, 15) is 4.79 Å². The van der Waals surface area contributed by atoms with E-state index < -0.39 is 12.1 Å². The normalized spacial score (nSPS) is 17.9. The first-order valence-electron chi connectivity index (χ1n) is 9.65. The summed E-state index contributed by atoms with van der Waals surface area (Å²) in [6, 6.07) is 2.88. The number of terminal acetylenes is 1. The zero-order valence-electron chi connectivity index (χ0n) is 17.5. The average Bonchev–Trinajstić information content (AvgIpc) is 3.25. The van der Waals surface area contributed by atoms with E-state index >= 15 is 0 Å². The topological polar surface area (TPSA) is 93.4 Å². The number of rotatable bonds is 6. The van der Waals surface area contributed by atoms with Gasteiger partial charge in [0.15, 0.2) is 0 Å². The van der Waals surface area contributed by atoms with Crippen LogP contribution in [0.2, 0.25) is 0 Å². The number of carbonyl (C=O) groups excluding carboxylic acids is 1. The Bertz CT molecular complexity index is 910. The van der Waals surface area contributed by atoms with Crippen molar-refractivity contribution in [2.45, 2.75) is 53.1 Å². The molecule has 154 valence electrons. The Kier molecular flexibility index (Phi) is 5.78. The maximum Gasteiger partial charge on any atom is 0.415 e. The number of nitrogens with one attached hydrogen (secondary N) is 1. The van der Waals surface area contributed by atoms with Crippen molar-refractivity contribution in [1.29, 1.82) is 0 Å². The van der Waals surface area contributed by atoms with Crippen LogP contribution in [0.5, 0.6) is 0 Å². The first-order chi connectivity index (χ1) is 13.7. The number of nitrogens with zero attached hydrogens (tertiary/aromatic N) is 4. The number of hydrogen-bond donors (Lipinski definition) is 1. The fourth-order valence-electron chi connectivity index (χ4n) is 3.14. The van der Waals surface area contributed by atoms with Crippen LogP contribution in [0.1, 0.15) is 52.1 Å². The second-order valence-corrected chi connectivity index (χ2v) is 8.70. The minimum Gasteiger partial charge on any atom is -0.447 e. The summed E-state index contributed by atoms with van der Waals surface area (Å²) >= 11 is 0. The second kappa shape index (κ2) is 8.11. The number of carbonyl (C=O) groups is 1. The van der Waals surface area contributed by atoms with Crippen LogP contribution in [0, 0.1) is 23.7 Å². The van der Waals surface area contributed by atoms with Gasteiger partial charge in [0.1, 0.15) is 29.9 Å². The van der Waals surface area contributed by atoms with Crippen LogP contribution in [-0.2, 0) is 11.2 Å². The molecule has 1 fully saturated rings. The Hall–Kier alpha value is -3.08. The largest absolute Gasteiger partial charge is 0.447 e. The Morgan fingerprint density at radius 3 is 2.83 bits per heavy atom. The van der Waals surface area contributed by atoms with Crippen molar-refractivity contribution in [3.63, 3.8) is 0 Å². The van der Waals surface area contributed by atoms with Crippen LogP contribution in [0.15, 0.2) is 22.9 Å². The fraction of sp³-hybridized carbons (Fsp3) is 0.524. The molecular formula is C21H27N5O3. The van der Waals surface area contributed by atoms with E-state index in [1.807, 2.05) is 19.9 Å². The molecule has 29 heavy (non-hydrogen) atoms. The summed E-state index contributed by atoms with van der Waals surface area (Å²) < 4.78 is 10.6. The fourth-order valence-corrected chi connectivity index (χ4v) is 3.14. The van der Waals surface area contributed by atoms with Crippen LogP contribution in [-0.4, -0.2) is 33.9 Å². The highest BCUT2D eigenvalue weighted by molar-refractivity contribution is 5.89. The molecule has 0 aromatic carbocycles. The van der Waals surface area contributed by atoms with Gasteiger partial charge in [-0.15, -0.1) is 6.42 Å². The predicted molar refractivity (Wildman–Crippen MR) is 109 cm³/mol. The van der Waals surface area contributed by atoms with Gasteiger partial charge in [-0.05, 0) is 17.4 Å². The Balaban J connectivity index is 1.79. The Morgan fingerprint density at radius 1 is 1.41 bits per heavy atom. The van der Waals surface area contributed by atoms with Gasteiger partial charge in [-0.25, -0.2) is 9.78 Å². The maximum absolute atomic E-state index is 12.2. The molecule has 1 N–H and O–H groups in total. The van der Waals surface area contributed by atoms with E-state index in [1.54, 1.807) is 17.2 Å². The lowest BCUT2D eigenvalue weighted by atomic mass is 9.91. The standard InChI is InChI=1S/C21H27N5O3/c1-7-15(16-10-14(29-25-16)11-21(4,5)6)23-19-22-9-8-18(24-19)26-17(13(2)3)12-28-20(26)27/h1,8-10,13,15,17H,11-12H2,2-6H3,(H,22,23,24)/t15-,17+/m0/s1. The molecule has 0 radical (unpaired) electrons. The summed E-state index contributed by atoms with van der Waals surface area (Å²) in [4.78, 5) is 22.4. The van der Waals surface area contributed by atoms with Gasteiger partial charge in [-0.1, -0.05) is 45.7 Å². The van der Waals surface area contributed by atoms with Gasteiger partial charge in [0.05, 0.1) is 6.04 Å². The van der Waals surface area contributed by atoms with Crippen LogP contribution in [0.25, 0.3) is 0 Å². The zero-order valence-corrected chi connectivity index (χ0v) is 17.5. The highest BCUT2D eigenvalue weighted by atomic mass is 16.6. The minimum atomic E-state index is -0.561. The van der Waals surface area contributed by atoms with Crippen LogP contribution < -0.4 is 10.2 Å². The number of ether oxygens (including phenoxy) is 1. The molecule has 0 spiro atoms. The summed E-state index contributed by atoms with van der Waals surface area (Å²) in [6.07, 6.45) is 7.61. The summed E-state index contributed by atoms with van der Waals surface area (Å²) in [5.74, 6) is 4.41. The van der Waals surface area contributed by atoms with Gasteiger partial charge in [-0.3, -0.25) is 4.90 Å². The molecular weight excluding hydrogens is 370 g/mol. The monoisotopic (exact) mass is 397 g/mol. The lowest BCUT2D eigenvalue weighted by Crippen LogP contribution is -2.37. The van der Waals surface area contributed by atoms with E-state index in [-0.39, 0.29) is 17.4 Å².